The molecule has 1 heterocycles. The lowest BCUT2D eigenvalue weighted by atomic mass is 10.1. The van der Waals surface area contributed by atoms with Gasteiger partial charge in [0.05, 0.1) is 7.11 Å². The maximum Gasteiger partial charge on any atom is 0.414 e. The van der Waals surface area contributed by atoms with Crippen molar-refractivity contribution in [3.8, 4) is 23.0 Å². The Bertz CT molecular complexity index is 856. The number of aliphatic carboxylic acids is 2. The number of hydrogen-bond acceptors (Lipinski definition) is 7. The van der Waals surface area contributed by atoms with Crippen LogP contribution in [0.5, 0.6) is 23.0 Å². The van der Waals surface area contributed by atoms with Crippen LogP contribution >= 0.6 is 0 Å². The summed E-state index contributed by atoms with van der Waals surface area (Å²) >= 11 is 0. The number of nitrogens with zero attached hydrogens (tertiary/aromatic N) is 1. The van der Waals surface area contributed by atoms with Crippen molar-refractivity contribution in [1.82, 2.24) is 4.90 Å². The monoisotopic (exact) mass is 419 g/mol. The van der Waals surface area contributed by atoms with E-state index in [2.05, 4.69) is 25.1 Å². The minimum Gasteiger partial charge on any atom is -0.497 e. The van der Waals surface area contributed by atoms with Crippen molar-refractivity contribution in [2.24, 2.45) is 0 Å². The molecule has 0 saturated heterocycles. The van der Waals surface area contributed by atoms with Gasteiger partial charge >= 0.3 is 11.9 Å². The number of ether oxygens (including phenoxy) is 4. The summed E-state index contributed by atoms with van der Waals surface area (Å²) in [6, 6.07) is 13.7. The molecule has 0 aliphatic carbocycles. The third-order valence-corrected chi connectivity index (χ3v) is 4.12. The van der Waals surface area contributed by atoms with E-state index >= 15 is 0 Å². The highest BCUT2D eigenvalue weighted by Crippen LogP contribution is 2.42. The van der Waals surface area contributed by atoms with Crippen LogP contribution in [0.2, 0.25) is 0 Å². The van der Waals surface area contributed by atoms with Crippen LogP contribution < -0.4 is 18.9 Å². The van der Waals surface area contributed by atoms with Crippen LogP contribution in [-0.2, 0) is 9.59 Å². The number of carbonyl (C=O) groups is 2. The minimum absolute atomic E-state index is 0.0989. The Balaban J connectivity index is 0.000000469. The number of benzene rings is 2. The van der Waals surface area contributed by atoms with E-state index in [-0.39, 0.29) is 12.9 Å². The second-order valence-electron chi connectivity index (χ2n) is 6.58. The topological polar surface area (TPSA) is 115 Å². The van der Waals surface area contributed by atoms with Crippen molar-refractivity contribution in [3.05, 3.63) is 48.0 Å². The Hall–Kier alpha value is -3.46. The van der Waals surface area contributed by atoms with Crippen LogP contribution in [0.4, 0.5) is 0 Å². The number of carboxylic acids is 2. The van der Waals surface area contributed by atoms with Crippen molar-refractivity contribution in [2.45, 2.75) is 12.5 Å². The first-order chi connectivity index (χ1) is 14.3. The zero-order valence-corrected chi connectivity index (χ0v) is 17.0. The van der Waals surface area contributed by atoms with Crippen LogP contribution in [0.1, 0.15) is 18.1 Å². The molecule has 0 fully saturated rings. The van der Waals surface area contributed by atoms with E-state index in [0.29, 0.717) is 11.5 Å². The molecule has 1 unspecified atom stereocenters. The fourth-order valence-electron chi connectivity index (χ4n) is 2.66. The summed E-state index contributed by atoms with van der Waals surface area (Å²) < 4.78 is 22.6. The van der Waals surface area contributed by atoms with E-state index in [1.54, 1.807) is 7.11 Å². The van der Waals surface area contributed by atoms with E-state index in [9.17, 15) is 0 Å². The van der Waals surface area contributed by atoms with Gasteiger partial charge in [-0.05, 0) is 43.9 Å². The Morgan fingerprint density at radius 1 is 1.10 bits per heavy atom. The highest BCUT2D eigenvalue weighted by atomic mass is 16.7. The second-order valence-corrected chi connectivity index (χ2v) is 6.58. The standard InChI is InChI=1S/C19H23NO4.C2H2O4/c1-20(2)11-10-16(14-6-4-7-15(12-14)21-3)24-18-9-5-8-17-19(18)23-13-22-17;3-1(4)2(5)6/h4-9,12,16H,10-11,13H2,1-3H3;(H,3,4)(H,5,6). The summed E-state index contributed by atoms with van der Waals surface area (Å²) in [7, 11) is 5.78. The molecule has 0 bridgehead atoms. The number of methoxy groups -OCH3 is 1. The van der Waals surface area contributed by atoms with Crippen LogP contribution in [-0.4, -0.2) is 61.6 Å². The zero-order valence-electron chi connectivity index (χ0n) is 17.0. The zero-order chi connectivity index (χ0) is 22.1. The SMILES string of the molecule is COc1cccc(C(CCN(C)C)Oc2cccc3c2OCO3)c1.O=C(O)C(=O)O. The molecule has 0 aromatic heterocycles. The molecule has 1 atom stereocenters. The molecule has 2 N–H and O–H groups in total. The quantitative estimate of drug-likeness (QED) is 0.654. The summed E-state index contributed by atoms with van der Waals surface area (Å²) in [6.07, 6.45) is 0.753. The third kappa shape index (κ3) is 6.56. The van der Waals surface area contributed by atoms with Crippen LogP contribution in [0.25, 0.3) is 0 Å². The highest BCUT2D eigenvalue weighted by molar-refractivity contribution is 6.27. The molecule has 9 nitrogen and oxygen atoms in total. The molecule has 9 heteroatoms. The van der Waals surface area contributed by atoms with Gasteiger partial charge in [0, 0.05) is 13.0 Å². The maximum atomic E-state index is 9.10. The maximum absolute atomic E-state index is 9.10. The van der Waals surface area contributed by atoms with E-state index < -0.39 is 11.9 Å². The fraction of sp³-hybridized carbons (Fsp3) is 0.333. The van der Waals surface area contributed by atoms with Gasteiger partial charge in [-0.3, -0.25) is 0 Å². The van der Waals surface area contributed by atoms with E-state index in [0.717, 1.165) is 30.0 Å². The van der Waals surface area contributed by atoms with Gasteiger partial charge in [0.25, 0.3) is 0 Å². The molecule has 2 aromatic rings. The molecular formula is C21H25NO8. The van der Waals surface area contributed by atoms with Crippen molar-refractivity contribution < 1.29 is 38.7 Å². The average Bonchev–Trinajstić information content (AvgIpc) is 3.21. The summed E-state index contributed by atoms with van der Waals surface area (Å²) in [6.45, 7) is 1.14. The van der Waals surface area contributed by atoms with Gasteiger partial charge < -0.3 is 34.1 Å². The molecule has 0 amide bonds. The van der Waals surface area contributed by atoms with Crippen molar-refractivity contribution >= 4 is 11.9 Å². The number of hydrogen-bond donors (Lipinski definition) is 2. The molecule has 162 valence electrons. The highest BCUT2D eigenvalue weighted by Gasteiger charge is 2.22. The van der Waals surface area contributed by atoms with E-state index in [1.807, 2.05) is 36.4 Å². The molecule has 2 aromatic carbocycles. The van der Waals surface area contributed by atoms with Crippen LogP contribution in [0.15, 0.2) is 42.5 Å². The van der Waals surface area contributed by atoms with E-state index in [1.165, 1.54) is 0 Å². The predicted octanol–water partition coefficient (Wildman–Crippen LogP) is 2.65. The molecule has 30 heavy (non-hydrogen) atoms. The summed E-state index contributed by atoms with van der Waals surface area (Å²) in [4.78, 5) is 20.3. The predicted molar refractivity (Wildman–Crippen MR) is 107 cm³/mol. The average molecular weight is 419 g/mol. The van der Waals surface area contributed by atoms with Gasteiger partial charge in [0.1, 0.15) is 11.9 Å². The fourth-order valence-corrected chi connectivity index (χ4v) is 2.66. The van der Waals surface area contributed by atoms with Crippen molar-refractivity contribution in [1.29, 1.82) is 0 Å². The summed E-state index contributed by atoms with van der Waals surface area (Å²) in [5.74, 6) is -0.717. The van der Waals surface area contributed by atoms with Gasteiger partial charge in [-0.1, -0.05) is 18.2 Å². The molecule has 0 radical (unpaired) electrons. The molecule has 0 saturated carbocycles. The van der Waals surface area contributed by atoms with Gasteiger partial charge in [0.2, 0.25) is 12.5 Å². The van der Waals surface area contributed by atoms with E-state index in [4.69, 9.17) is 38.7 Å². The molecule has 0 spiro atoms. The van der Waals surface area contributed by atoms with Gasteiger partial charge in [-0.25, -0.2) is 9.59 Å². The Kier molecular flexibility index (Phi) is 8.30. The van der Waals surface area contributed by atoms with Crippen molar-refractivity contribution in [3.63, 3.8) is 0 Å². The van der Waals surface area contributed by atoms with Gasteiger partial charge in [-0.2, -0.15) is 0 Å². The summed E-state index contributed by atoms with van der Waals surface area (Å²) in [5, 5.41) is 14.8. The number of carboxylic acid groups (broad SMARTS) is 2. The first-order valence-electron chi connectivity index (χ1n) is 9.12. The molecule has 3 rings (SSSR count). The number of rotatable bonds is 7. The lowest BCUT2D eigenvalue weighted by molar-refractivity contribution is -0.159. The molecular weight excluding hydrogens is 394 g/mol. The smallest absolute Gasteiger partial charge is 0.414 e. The molecule has 1 aliphatic heterocycles. The summed E-state index contributed by atoms with van der Waals surface area (Å²) in [5.41, 5.74) is 1.08. The lowest BCUT2D eigenvalue weighted by Crippen LogP contribution is -2.19. The Morgan fingerprint density at radius 2 is 1.80 bits per heavy atom. The number of fused-ring (bicyclic) bond motifs is 1. The van der Waals surface area contributed by atoms with Crippen LogP contribution in [0.3, 0.4) is 0 Å². The van der Waals surface area contributed by atoms with Gasteiger partial charge in [0.15, 0.2) is 11.5 Å². The normalized spacial score (nSPS) is 12.5. The van der Waals surface area contributed by atoms with Gasteiger partial charge in [-0.15, -0.1) is 0 Å². The largest absolute Gasteiger partial charge is 0.497 e. The number of para-hydroxylation sites is 1. The first-order valence-corrected chi connectivity index (χ1v) is 9.12. The second kappa shape index (κ2) is 10.9. The third-order valence-electron chi connectivity index (χ3n) is 4.12. The lowest BCUT2D eigenvalue weighted by Gasteiger charge is -2.22. The van der Waals surface area contributed by atoms with Crippen molar-refractivity contribution in [2.75, 3.05) is 34.5 Å². The molecule has 1 aliphatic rings. The Morgan fingerprint density at radius 3 is 2.43 bits per heavy atom. The Labute approximate surface area is 174 Å². The minimum atomic E-state index is -1.82. The van der Waals surface area contributed by atoms with Crippen LogP contribution in [0, 0.1) is 0 Å². The first kappa shape index (κ1) is 22.8.